The summed E-state index contributed by atoms with van der Waals surface area (Å²) in [4.78, 5) is 34.2. The lowest BCUT2D eigenvalue weighted by atomic mass is 10.2. The van der Waals surface area contributed by atoms with Crippen LogP contribution in [0.25, 0.3) is 0 Å². The van der Waals surface area contributed by atoms with Gasteiger partial charge in [0.25, 0.3) is 0 Å². The number of rotatable bonds is 5. The van der Waals surface area contributed by atoms with E-state index in [9.17, 15) is 19.5 Å². The van der Waals surface area contributed by atoms with Crippen LogP contribution in [0.5, 0.6) is 0 Å². The van der Waals surface area contributed by atoms with Gasteiger partial charge in [0.1, 0.15) is 0 Å². The zero-order chi connectivity index (χ0) is 13.0. The van der Waals surface area contributed by atoms with Crippen molar-refractivity contribution in [3.05, 3.63) is 0 Å². The van der Waals surface area contributed by atoms with Gasteiger partial charge < -0.3 is 15.1 Å². The number of aliphatic carboxylic acids is 1. The Morgan fingerprint density at radius 3 is 2.76 bits per heavy atom. The number of carboxylic acid groups (broad SMARTS) is 1. The maximum atomic E-state index is 11.5. The first-order valence-electron chi connectivity index (χ1n) is 5.23. The van der Waals surface area contributed by atoms with Gasteiger partial charge >= 0.3 is 5.97 Å². The first-order valence-corrected chi connectivity index (χ1v) is 6.11. The number of β-amino-alcohol motifs (C(OH)–C–C–N with tert-alkyl or cyclic N) is 1. The van der Waals surface area contributed by atoms with Gasteiger partial charge in [-0.3, -0.25) is 14.4 Å². The Balaban J connectivity index is 2.42. The van der Waals surface area contributed by atoms with Crippen LogP contribution in [0.3, 0.4) is 0 Å². The van der Waals surface area contributed by atoms with E-state index in [0.29, 0.717) is 6.54 Å². The molecule has 1 fully saturated rings. The Morgan fingerprint density at radius 2 is 2.24 bits per heavy atom. The zero-order valence-corrected chi connectivity index (χ0v) is 10.3. The van der Waals surface area contributed by atoms with Crippen molar-refractivity contribution in [2.45, 2.75) is 31.1 Å². The molecule has 7 heteroatoms. The van der Waals surface area contributed by atoms with Crippen molar-refractivity contribution in [2.75, 3.05) is 13.1 Å². The van der Waals surface area contributed by atoms with E-state index in [1.54, 1.807) is 0 Å². The van der Waals surface area contributed by atoms with E-state index < -0.39 is 12.1 Å². The summed E-state index contributed by atoms with van der Waals surface area (Å²) >= 11 is 1.11. The topological polar surface area (TPSA) is 94.9 Å². The highest BCUT2D eigenvalue weighted by atomic mass is 32.2. The normalized spacial score (nSPS) is 21.6. The van der Waals surface area contributed by atoms with Crippen molar-refractivity contribution in [2.24, 2.45) is 0 Å². The maximum absolute atomic E-state index is 11.5. The molecular weight excluding hydrogens is 246 g/mol. The number of hydrogen-bond acceptors (Lipinski definition) is 5. The van der Waals surface area contributed by atoms with Crippen LogP contribution in [0.1, 0.15) is 19.8 Å². The molecule has 1 aliphatic rings. The Morgan fingerprint density at radius 1 is 1.59 bits per heavy atom. The minimum atomic E-state index is -1.10. The van der Waals surface area contributed by atoms with Crippen molar-refractivity contribution >= 4 is 28.8 Å². The molecule has 0 bridgehead atoms. The number of thioether (sulfide) groups is 1. The third-order valence-electron chi connectivity index (χ3n) is 2.35. The average molecular weight is 261 g/mol. The van der Waals surface area contributed by atoms with E-state index in [4.69, 9.17) is 5.11 Å². The van der Waals surface area contributed by atoms with Crippen LogP contribution in [-0.4, -0.2) is 56.5 Å². The quantitative estimate of drug-likeness (QED) is 0.705. The van der Waals surface area contributed by atoms with E-state index in [0.717, 1.165) is 11.8 Å². The highest BCUT2D eigenvalue weighted by molar-refractivity contribution is 8.14. The number of carbonyl (C=O) groups is 3. The summed E-state index contributed by atoms with van der Waals surface area (Å²) in [7, 11) is 0. The number of aliphatic hydroxyl groups excluding tert-OH is 1. The molecule has 1 saturated heterocycles. The van der Waals surface area contributed by atoms with Crippen molar-refractivity contribution in [3.8, 4) is 0 Å². The largest absolute Gasteiger partial charge is 0.481 e. The molecule has 17 heavy (non-hydrogen) atoms. The molecule has 2 unspecified atom stereocenters. The van der Waals surface area contributed by atoms with E-state index in [-0.39, 0.29) is 35.7 Å². The van der Waals surface area contributed by atoms with Crippen molar-refractivity contribution in [3.63, 3.8) is 0 Å². The van der Waals surface area contributed by atoms with Gasteiger partial charge in [0.2, 0.25) is 5.91 Å². The predicted octanol–water partition coefficient (Wildman–Crippen LogP) is -0.297. The molecule has 0 aromatic carbocycles. The maximum Gasteiger partial charge on any atom is 0.306 e. The fraction of sp³-hybridized carbons (Fsp3) is 0.700. The van der Waals surface area contributed by atoms with E-state index >= 15 is 0 Å². The van der Waals surface area contributed by atoms with Gasteiger partial charge in [0.15, 0.2) is 5.12 Å². The van der Waals surface area contributed by atoms with Crippen LogP contribution in [0, 0.1) is 0 Å². The number of likely N-dealkylation sites (tertiary alicyclic amines) is 1. The summed E-state index contributed by atoms with van der Waals surface area (Å²) in [6.07, 6.45) is -1.17. The lowest BCUT2D eigenvalue weighted by molar-refractivity contribution is -0.140. The third kappa shape index (κ3) is 4.74. The van der Waals surface area contributed by atoms with Crippen LogP contribution in [0.4, 0.5) is 0 Å². The number of aliphatic hydroxyl groups is 1. The van der Waals surface area contributed by atoms with E-state index in [2.05, 4.69) is 0 Å². The predicted molar refractivity (Wildman–Crippen MR) is 61.5 cm³/mol. The monoisotopic (exact) mass is 261 g/mol. The number of amides is 1. The second kappa shape index (κ2) is 6.02. The molecule has 0 aromatic rings. The fourth-order valence-electron chi connectivity index (χ4n) is 1.75. The molecule has 2 N–H and O–H groups in total. The molecule has 0 aromatic heterocycles. The van der Waals surface area contributed by atoms with Gasteiger partial charge in [-0.25, -0.2) is 0 Å². The Kier molecular flexibility index (Phi) is 4.95. The molecule has 1 amide bonds. The fourth-order valence-corrected chi connectivity index (χ4v) is 2.70. The van der Waals surface area contributed by atoms with Crippen molar-refractivity contribution in [1.29, 1.82) is 0 Å². The van der Waals surface area contributed by atoms with Crippen LogP contribution in [0.2, 0.25) is 0 Å². The first-order chi connectivity index (χ1) is 7.88. The molecule has 6 nitrogen and oxygen atoms in total. The molecule has 2 atom stereocenters. The second-order valence-electron chi connectivity index (χ2n) is 3.99. The second-order valence-corrected chi connectivity index (χ2v) is 5.46. The zero-order valence-electron chi connectivity index (χ0n) is 9.46. The average Bonchev–Trinajstić information content (AvgIpc) is 2.43. The standard InChI is InChI=1S/C10H15NO5S/c1-6(12)17-8-3-9(14)11(5-8)4-7(13)2-10(15)16/h7-8,13H,2-5H2,1H3,(H,15,16). The molecule has 0 spiro atoms. The highest BCUT2D eigenvalue weighted by Crippen LogP contribution is 2.24. The summed E-state index contributed by atoms with van der Waals surface area (Å²) in [5.41, 5.74) is 0. The molecule has 0 aliphatic carbocycles. The van der Waals surface area contributed by atoms with Crippen LogP contribution >= 0.6 is 11.8 Å². The van der Waals surface area contributed by atoms with Crippen LogP contribution in [0.15, 0.2) is 0 Å². The molecule has 96 valence electrons. The molecular formula is C10H15NO5S. The SMILES string of the molecule is CC(=O)SC1CC(=O)N(CC(O)CC(=O)O)C1. The number of hydrogen-bond donors (Lipinski definition) is 2. The van der Waals surface area contributed by atoms with Crippen LogP contribution < -0.4 is 0 Å². The Labute approximate surface area is 103 Å². The van der Waals surface area contributed by atoms with Gasteiger partial charge in [-0.2, -0.15) is 0 Å². The first kappa shape index (κ1) is 14.0. The lowest BCUT2D eigenvalue weighted by Crippen LogP contribution is -2.35. The van der Waals surface area contributed by atoms with Gasteiger partial charge in [-0.15, -0.1) is 0 Å². The Bertz CT molecular complexity index is 333. The molecule has 0 saturated carbocycles. The molecule has 1 heterocycles. The lowest BCUT2D eigenvalue weighted by Gasteiger charge is -2.19. The number of carbonyl (C=O) groups excluding carboxylic acids is 2. The minimum Gasteiger partial charge on any atom is -0.481 e. The summed E-state index contributed by atoms with van der Waals surface area (Å²) in [5.74, 6) is -1.24. The van der Waals surface area contributed by atoms with Crippen molar-refractivity contribution in [1.82, 2.24) is 4.90 Å². The smallest absolute Gasteiger partial charge is 0.306 e. The molecule has 1 aliphatic heterocycles. The summed E-state index contributed by atoms with van der Waals surface area (Å²) in [5, 5.41) is 17.8. The van der Waals surface area contributed by atoms with Gasteiger partial charge in [-0.1, -0.05) is 11.8 Å². The summed E-state index contributed by atoms with van der Waals surface area (Å²) in [6, 6.07) is 0. The van der Waals surface area contributed by atoms with E-state index in [1.807, 2.05) is 0 Å². The Hall–Kier alpha value is -1.08. The van der Waals surface area contributed by atoms with Gasteiger partial charge in [-0.05, 0) is 0 Å². The van der Waals surface area contributed by atoms with Crippen LogP contribution in [-0.2, 0) is 14.4 Å². The highest BCUT2D eigenvalue weighted by Gasteiger charge is 2.32. The van der Waals surface area contributed by atoms with Gasteiger partial charge in [0.05, 0.1) is 12.5 Å². The summed E-state index contributed by atoms with van der Waals surface area (Å²) in [6.45, 7) is 1.84. The van der Waals surface area contributed by atoms with Gasteiger partial charge in [0, 0.05) is 31.7 Å². The number of nitrogens with zero attached hydrogens (tertiary/aromatic N) is 1. The third-order valence-corrected chi connectivity index (χ3v) is 3.33. The molecule has 1 rings (SSSR count). The number of carboxylic acids is 1. The van der Waals surface area contributed by atoms with E-state index in [1.165, 1.54) is 11.8 Å². The van der Waals surface area contributed by atoms with Crippen molar-refractivity contribution < 1.29 is 24.6 Å². The summed E-state index contributed by atoms with van der Waals surface area (Å²) < 4.78 is 0. The minimum absolute atomic E-state index is 0.0140. The molecule has 0 radical (unpaired) electrons.